The minimum Gasteiger partial charge on any atom is -0.495 e. The second kappa shape index (κ2) is 8.26. The van der Waals surface area contributed by atoms with Gasteiger partial charge in [-0.25, -0.2) is 0 Å². The standard InChI is InChI=1S/C20H26NO4P/c1-4-24-26(22,25-5-2)20-17-11-7-6-10-16(17)14-15-21(20)18-12-8-9-13-19(18)23-3/h6-13,20H,4-5,14-15H2,1-3H3. The molecule has 0 radical (unpaired) electrons. The molecular formula is C20H26NO4P. The van der Waals surface area contributed by atoms with Crippen LogP contribution in [0.3, 0.4) is 0 Å². The minimum absolute atomic E-state index is 0.329. The van der Waals surface area contributed by atoms with Gasteiger partial charge in [-0.15, -0.1) is 0 Å². The van der Waals surface area contributed by atoms with Crippen molar-refractivity contribution in [2.24, 2.45) is 0 Å². The van der Waals surface area contributed by atoms with Gasteiger partial charge in [0, 0.05) is 6.54 Å². The third-order valence-electron chi connectivity index (χ3n) is 4.56. The average molecular weight is 375 g/mol. The molecule has 1 heterocycles. The number of ether oxygens (including phenoxy) is 1. The highest BCUT2D eigenvalue weighted by molar-refractivity contribution is 7.54. The predicted molar refractivity (Wildman–Crippen MR) is 104 cm³/mol. The van der Waals surface area contributed by atoms with Gasteiger partial charge in [0.2, 0.25) is 0 Å². The SMILES string of the molecule is CCOP(=O)(OCC)C1c2ccccc2CCN1c1ccccc1OC. The highest BCUT2D eigenvalue weighted by Crippen LogP contribution is 2.64. The van der Waals surface area contributed by atoms with Crippen LogP contribution in [0.25, 0.3) is 0 Å². The Labute approximate surface area is 155 Å². The van der Waals surface area contributed by atoms with Gasteiger partial charge in [0.1, 0.15) is 5.75 Å². The molecular weight excluding hydrogens is 349 g/mol. The normalized spacial score (nSPS) is 17.0. The van der Waals surface area contributed by atoms with E-state index in [2.05, 4.69) is 11.0 Å². The van der Waals surface area contributed by atoms with E-state index < -0.39 is 13.4 Å². The summed E-state index contributed by atoms with van der Waals surface area (Å²) in [6, 6.07) is 15.9. The van der Waals surface area contributed by atoms with Crippen molar-refractivity contribution in [2.45, 2.75) is 26.1 Å². The van der Waals surface area contributed by atoms with Crippen molar-refractivity contribution in [3.63, 3.8) is 0 Å². The molecule has 0 bridgehead atoms. The highest BCUT2D eigenvalue weighted by atomic mass is 31.2. The third kappa shape index (κ3) is 3.52. The zero-order valence-corrected chi connectivity index (χ0v) is 16.4. The maximum atomic E-state index is 13.8. The van der Waals surface area contributed by atoms with E-state index in [0.29, 0.717) is 19.8 Å². The minimum atomic E-state index is -3.41. The summed E-state index contributed by atoms with van der Waals surface area (Å²) in [6.45, 7) is 5.05. The second-order valence-electron chi connectivity index (χ2n) is 6.06. The van der Waals surface area contributed by atoms with Crippen LogP contribution < -0.4 is 9.64 Å². The summed E-state index contributed by atoms with van der Waals surface area (Å²) < 4.78 is 30.8. The predicted octanol–water partition coefficient (Wildman–Crippen LogP) is 5.02. The van der Waals surface area contributed by atoms with Crippen LogP contribution in [0, 0.1) is 0 Å². The molecule has 0 saturated carbocycles. The van der Waals surface area contributed by atoms with Crippen molar-refractivity contribution < 1.29 is 18.3 Å². The fourth-order valence-corrected chi connectivity index (χ4v) is 5.79. The molecule has 2 aromatic carbocycles. The van der Waals surface area contributed by atoms with Gasteiger partial charge in [0.15, 0.2) is 5.78 Å². The summed E-state index contributed by atoms with van der Waals surface area (Å²) in [5, 5.41) is 0. The van der Waals surface area contributed by atoms with Gasteiger partial charge in [0.25, 0.3) is 0 Å². The smallest absolute Gasteiger partial charge is 0.357 e. The molecule has 0 spiro atoms. The summed E-state index contributed by atoms with van der Waals surface area (Å²) in [7, 11) is -1.76. The number of anilines is 1. The summed E-state index contributed by atoms with van der Waals surface area (Å²) in [6.07, 6.45) is 0.864. The Bertz CT molecular complexity index is 785. The summed E-state index contributed by atoms with van der Waals surface area (Å²) >= 11 is 0. The first-order valence-corrected chi connectivity index (χ1v) is 10.6. The van der Waals surface area contributed by atoms with Crippen LogP contribution in [0.5, 0.6) is 5.75 Å². The first-order valence-electron chi connectivity index (χ1n) is 9.00. The van der Waals surface area contributed by atoms with Crippen LogP contribution in [0.4, 0.5) is 5.69 Å². The first kappa shape index (κ1) is 19.0. The zero-order valence-electron chi connectivity index (χ0n) is 15.6. The van der Waals surface area contributed by atoms with Crippen molar-refractivity contribution in [1.82, 2.24) is 0 Å². The maximum Gasteiger partial charge on any atom is 0.357 e. The quantitative estimate of drug-likeness (QED) is 0.636. The molecule has 0 aromatic heterocycles. The number of nitrogens with zero attached hydrogens (tertiary/aromatic N) is 1. The zero-order chi connectivity index (χ0) is 18.6. The van der Waals surface area contributed by atoms with Gasteiger partial charge in [-0.2, -0.15) is 0 Å². The molecule has 0 aliphatic carbocycles. The van der Waals surface area contributed by atoms with Crippen molar-refractivity contribution >= 4 is 13.3 Å². The van der Waals surface area contributed by atoms with Crippen LogP contribution in [0.1, 0.15) is 30.8 Å². The Morgan fingerprint density at radius 2 is 1.69 bits per heavy atom. The van der Waals surface area contributed by atoms with E-state index in [-0.39, 0.29) is 0 Å². The molecule has 0 saturated heterocycles. The van der Waals surface area contributed by atoms with E-state index in [9.17, 15) is 4.57 Å². The van der Waals surface area contributed by atoms with Crippen molar-refractivity contribution in [1.29, 1.82) is 0 Å². The number of para-hydroxylation sites is 2. The van der Waals surface area contributed by atoms with E-state index in [1.807, 2.05) is 56.3 Å². The second-order valence-corrected chi connectivity index (χ2v) is 8.15. The van der Waals surface area contributed by atoms with Crippen molar-refractivity contribution in [2.75, 3.05) is 31.8 Å². The maximum absolute atomic E-state index is 13.8. The molecule has 0 N–H and O–H groups in total. The lowest BCUT2D eigenvalue weighted by Gasteiger charge is -2.41. The monoisotopic (exact) mass is 375 g/mol. The van der Waals surface area contributed by atoms with E-state index >= 15 is 0 Å². The Hall–Kier alpha value is -1.81. The molecule has 2 aromatic rings. The van der Waals surface area contributed by atoms with Crippen molar-refractivity contribution in [3.8, 4) is 5.75 Å². The largest absolute Gasteiger partial charge is 0.495 e. The molecule has 6 heteroatoms. The van der Waals surface area contributed by atoms with Crippen LogP contribution in [-0.4, -0.2) is 26.9 Å². The van der Waals surface area contributed by atoms with Gasteiger partial charge in [0.05, 0.1) is 26.0 Å². The first-order chi connectivity index (χ1) is 12.6. The number of rotatable bonds is 7. The molecule has 0 amide bonds. The fraction of sp³-hybridized carbons (Fsp3) is 0.400. The van der Waals surface area contributed by atoms with E-state index in [1.54, 1.807) is 7.11 Å². The van der Waals surface area contributed by atoms with Gasteiger partial charge >= 0.3 is 7.60 Å². The average Bonchev–Trinajstić information content (AvgIpc) is 2.67. The number of hydrogen-bond acceptors (Lipinski definition) is 5. The lowest BCUT2D eigenvalue weighted by molar-refractivity contribution is 0.210. The van der Waals surface area contributed by atoms with Gasteiger partial charge in [-0.3, -0.25) is 4.57 Å². The summed E-state index contributed by atoms with van der Waals surface area (Å²) in [4.78, 5) is 2.10. The Balaban J connectivity index is 2.16. The molecule has 1 aliphatic heterocycles. The van der Waals surface area contributed by atoms with E-state index in [4.69, 9.17) is 13.8 Å². The van der Waals surface area contributed by atoms with Crippen molar-refractivity contribution in [3.05, 3.63) is 59.7 Å². The van der Waals surface area contributed by atoms with Gasteiger partial charge in [-0.05, 0) is 43.5 Å². The third-order valence-corrected chi connectivity index (χ3v) is 6.95. The summed E-state index contributed by atoms with van der Waals surface area (Å²) in [5.41, 5.74) is 3.08. The molecule has 5 nitrogen and oxygen atoms in total. The van der Waals surface area contributed by atoms with Crippen LogP contribution in [-0.2, 0) is 20.0 Å². The number of methoxy groups -OCH3 is 1. The fourth-order valence-electron chi connectivity index (χ4n) is 3.54. The van der Waals surface area contributed by atoms with E-state index in [0.717, 1.165) is 23.4 Å². The molecule has 1 aliphatic rings. The lowest BCUT2D eigenvalue weighted by Crippen LogP contribution is -2.36. The molecule has 3 rings (SSSR count). The molecule has 1 atom stereocenters. The number of hydrogen-bond donors (Lipinski definition) is 0. The molecule has 1 unspecified atom stereocenters. The Morgan fingerprint density at radius 1 is 1.04 bits per heavy atom. The van der Waals surface area contributed by atoms with Gasteiger partial charge in [-0.1, -0.05) is 36.4 Å². The van der Waals surface area contributed by atoms with E-state index in [1.165, 1.54) is 5.56 Å². The van der Waals surface area contributed by atoms with Crippen LogP contribution in [0.2, 0.25) is 0 Å². The van der Waals surface area contributed by atoms with Crippen LogP contribution in [0.15, 0.2) is 48.5 Å². The Kier molecular flexibility index (Phi) is 6.02. The molecule has 140 valence electrons. The highest BCUT2D eigenvalue weighted by Gasteiger charge is 2.44. The molecule has 0 fully saturated rings. The van der Waals surface area contributed by atoms with Crippen LogP contribution >= 0.6 is 7.60 Å². The number of fused-ring (bicyclic) bond motifs is 1. The topological polar surface area (TPSA) is 48.0 Å². The Morgan fingerprint density at radius 3 is 2.38 bits per heavy atom. The summed E-state index contributed by atoms with van der Waals surface area (Å²) in [5.74, 6) is 0.250. The lowest BCUT2D eigenvalue weighted by atomic mass is 9.99. The van der Waals surface area contributed by atoms with Gasteiger partial charge < -0.3 is 18.7 Å². The molecule has 26 heavy (non-hydrogen) atoms. The number of benzene rings is 2.